The first kappa shape index (κ1) is 19.0. The number of nitrogens with zero attached hydrogens (tertiary/aromatic N) is 1. The SMILES string of the molecule is COc1ccccc1CCN(C)C(=O)c1ccc(CN)cc1.Cl. The van der Waals surface area contributed by atoms with Crippen LogP contribution in [0.1, 0.15) is 21.5 Å². The second kappa shape index (κ2) is 9.18. The summed E-state index contributed by atoms with van der Waals surface area (Å²) in [5.41, 5.74) is 8.37. The average molecular weight is 335 g/mol. The number of carbonyl (C=O) groups excluding carboxylic acids is 1. The lowest BCUT2D eigenvalue weighted by Gasteiger charge is -2.18. The van der Waals surface area contributed by atoms with Gasteiger partial charge in [-0.05, 0) is 35.7 Å². The number of rotatable bonds is 6. The number of para-hydroxylation sites is 1. The quantitative estimate of drug-likeness (QED) is 0.883. The zero-order valence-electron chi connectivity index (χ0n) is 13.5. The molecule has 0 bridgehead atoms. The molecule has 0 spiro atoms. The van der Waals surface area contributed by atoms with E-state index in [0.717, 1.165) is 23.3 Å². The minimum atomic E-state index is 0. The van der Waals surface area contributed by atoms with E-state index < -0.39 is 0 Å². The highest BCUT2D eigenvalue weighted by atomic mass is 35.5. The third-order valence-electron chi connectivity index (χ3n) is 3.69. The van der Waals surface area contributed by atoms with Crippen molar-refractivity contribution in [2.45, 2.75) is 13.0 Å². The Balaban J connectivity index is 0.00000264. The van der Waals surface area contributed by atoms with Gasteiger partial charge in [0, 0.05) is 25.7 Å². The number of hydrogen-bond donors (Lipinski definition) is 1. The highest BCUT2D eigenvalue weighted by Crippen LogP contribution is 2.18. The van der Waals surface area contributed by atoms with Crippen molar-refractivity contribution in [3.63, 3.8) is 0 Å². The maximum Gasteiger partial charge on any atom is 0.253 e. The Morgan fingerprint density at radius 1 is 1.13 bits per heavy atom. The van der Waals surface area contributed by atoms with Crippen molar-refractivity contribution in [2.24, 2.45) is 5.73 Å². The van der Waals surface area contributed by atoms with Crippen molar-refractivity contribution < 1.29 is 9.53 Å². The molecule has 23 heavy (non-hydrogen) atoms. The van der Waals surface area contributed by atoms with Gasteiger partial charge in [0.25, 0.3) is 5.91 Å². The minimum absolute atomic E-state index is 0. The normalized spacial score (nSPS) is 9.87. The standard InChI is InChI=1S/C18H22N2O2.ClH/c1-20(12-11-15-5-3-4-6-17(15)22-2)18(21)16-9-7-14(13-19)8-10-16;/h3-10H,11-13,19H2,1-2H3;1H. The fourth-order valence-electron chi connectivity index (χ4n) is 2.30. The van der Waals surface area contributed by atoms with Crippen LogP contribution in [0.2, 0.25) is 0 Å². The molecule has 2 aromatic carbocycles. The Morgan fingerprint density at radius 3 is 2.39 bits per heavy atom. The lowest BCUT2D eigenvalue weighted by molar-refractivity contribution is 0.0796. The Kier molecular flexibility index (Phi) is 7.59. The first-order chi connectivity index (χ1) is 10.7. The maximum absolute atomic E-state index is 12.4. The Morgan fingerprint density at radius 2 is 1.78 bits per heavy atom. The van der Waals surface area contributed by atoms with E-state index in [4.69, 9.17) is 10.5 Å². The molecule has 2 N–H and O–H groups in total. The molecule has 0 fully saturated rings. The predicted molar refractivity (Wildman–Crippen MR) is 95.2 cm³/mol. The van der Waals surface area contributed by atoms with Crippen LogP contribution < -0.4 is 10.5 Å². The van der Waals surface area contributed by atoms with Gasteiger partial charge in [0.05, 0.1) is 7.11 Å². The first-order valence-electron chi connectivity index (χ1n) is 7.32. The molecule has 0 radical (unpaired) electrons. The summed E-state index contributed by atoms with van der Waals surface area (Å²) in [6.07, 6.45) is 0.757. The average Bonchev–Trinajstić information content (AvgIpc) is 2.59. The number of halogens is 1. The molecular weight excluding hydrogens is 312 g/mol. The number of amides is 1. The van der Waals surface area contributed by atoms with Gasteiger partial charge in [-0.15, -0.1) is 12.4 Å². The zero-order chi connectivity index (χ0) is 15.9. The van der Waals surface area contributed by atoms with Crippen LogP contribution >= 0.6 is 12.4 Å². The molecule has 5 heteroatoms. The number of ether oxygens (including phenoxy) is 1. The zero-order valence-corrected chi connectivity index (χ0v) is 14.3. The van der Waals surface area contributed by atoms with E-state index >= 15 is 0 Å². The van der Waals surface area contributed by atoms with Crippen LogP contribution in [-0.4, -0.2) is 31.5 Å². The van der Waals surface area contributed by atoms with E-state index in [9.17, 15) is 4.79 Å². The van der Waals surface area contributed by atoms with Crippen molar-refractivity contribution in [2.75, 3.05) is 20.7 Å². The van der Waals surface area contributed by atoms with Crippen LogP contribution in [0, 0.1) is 0 Å². The summed E-state index contributed by atoms with van der Waals surface area (Å²) in [5.74, 6) is 0.870. The fraction of sp³-hybridized carbons (Fsp3) is 0.278. The van der Waals surface area contributed by atoms with Gasteiger partial charge >= 0.3 is 0 Å². The lowest BCUT2D eigenvalue weighted by atomic mass is 10.1. The van der Waals surface area contributed by atoms with E-state index in [2.05, 4.69) is 0 Å². The van der Waals surface area contributed by atoms with E-state index in [0.29, 0.717) is 18.7 Å². The number of benzene rings is 2. The summed E-state index contributed by atoms with van der Waals surface area (Å²) in [7, 11) is 3.47. The van der Waals surface area contributed by atoms with Crippen LogP contribution in [0.5, 0.6) is 5.75 Å². The largest absolute Gasteiger partial charge is 0.496 e. The summed E-state index contributed by atoms with van der Waals surface area (Å²) in [4.78, 5) is 14.1. The molecule has 2 rings (SSSR count). The summed E-state index contributed by atoms with van der Waals surface area (Å²) < 4.78 is 5.33. The van der Waals surface area contributed by atoms with E-state index in [1.807, 2.05) is 55.6 Å². The van der Waals surface area contributed by atoms with Crippen LogP contribution in [-0.2, 0) is 13.0 Å². The van der Waals surface area contributed by atoms with Gasteiger partial charge in [-0.2, -0.15) is 0 Å². The number of hydrogen-bond acceptors (Lipinski definition) is 3. The molecule has 0 aromatic heterocycles. The number of nitrogens with two attached hydrogens (primary N) is 1. The molecule has 0 aliphatic heterocycles. The van der Waals surface area contributed by atoms with Crippen molar-refractivity contribution in [1.29, 1.82) is 0 Å². The van der Waals surface area contributed by atoms with Crippen molar-refractivity contribution in [1.82, 2.24) is 4.90 Å². The van der Waals surface area contributed by atoms with Gasteiger partial charge < -0.3 is 15.4 Å². The van der Waals surface area contributed by atoms with Gasteiger partial charge in [0.15, 0.2) is 0 Å². The first-order valence-corrected chi connectivity index (χ1v) is 7.32. The molecule has 4 nitrogen and oxygen atoms in total. The topological polar surface area (TPSA) is 55.6 Å². The van der Waals surface area contributed by atoms with Crippen LogP contribution in [0.15, 0.2) is 48.5 Å². The van der Waals surface area contributed by atoms with Crippen molar-refractivity contribution in [3.05, 3.63) is 65.2 Å². The second-order valence-corrected chi connectivity index (χ2v) is 5.19. The van der Waals surface area contributed by atoms with Gasteiger partial charge in [0.1, 0.15) is 5.75 Å². The summed E-state index contributed by atoms with van der Waals surface area (Å²) >= 11 is 0. The molecule has 0 heterocycles. The van der Waals surface area contributed by atoms with Crippen molar-refractivity contribution in [3.8, 4) is 5.75 Å². The number of likely N-dealkylation sites (N-methyl/N-ethyl adjacent to an activating group) is 1. The smallest absolute Gasteiger partial charge is 0.253 e. The van der Waals surface area contributed by atoms with Crippen LogP contribution in [0.25, 0.3) is 0 Å². The van der Waals surface area contributed by atoms with E-state index in [1.54, 1.807) is 12.0 Å². The molecular formula is C18H23ClN2O2. The number of carbonyl (C=O) groups is 1. The molecule has 0 saturated carbocycles. The molecule has 0 aliphatic carbocycles. The molecule has 124 valence electrons. The lowest BCUT2D eigenvalue weighted by Crippen LogP contribution is -2.28. The maximum atomic E-state index is 12.4. The Labute approximate surface area is 143 Å². The monoisotopic (exact) mass is 334 g/mol. The van der Waals surface area contributed by atoms with Gasteiger partial charge in [0.2, 0.25) is 0 Å². The van der Waals surface area contributed by atoms with Gasteiger partial charge in [-0.25, -0.2) is 0 Å². The summed E-state index contributed by atoms with van der Waals surface area (Å²) in [6.45, 7) is 1.12. The third kappa shape index (κ3) is 4.98. The third-order valence-corrected chi connectivity index (χ3v) is 3.69. The van der Waals surface area contributed by atoms with E-state index in [-0.39, 0.29) is 18.3 Å². The summed E-state index contributed by atoms with van der Waals surface area (Å²) in [5, 5.41) is 0. The van der Waals surface area contributed by atoms with Gasteiger partial charge in [-0.3, -0.25) is 4.79 Å². The Bertz CT molecular complexity index is 629. The van der Waals surface area contributed by atoms with E-state index in [1.165, 1.54) is 0 Å². The minimum Gasteiger partial charge on any atom is -0.496 e. The molecule has 2 aromatic rings. The fourth-order valence-corrected chi connectivity index (χ4v) is 2.30. The molecule has 0 unspecified atom stereocenters. The highest BCUT2D eigenvalue weighted by molar-refractivity contribution is 5.94. The van der Waals surface area contributed by atoms with Gasteiger partial charge in [-0.1, -0.05) is 30.3 Å². The second-order valence-electron chi connectivity index (χ2n) is 5.19. The predicted octanol–water partition coefficient (Wildman–Crippen LogP) is 2.89. The van der Waals surface area contributed by atoms with Crippen LogP contribution in [0.4, 0.5) is 0 Å². The van der Waals surface area contributed by atoms with Crippen molar-refractivity contribution >= 4 is 18.3 Å². The molecule has 0 atom stereocenters. The number of methoxy groups -OCH3 is 1. The highest BCUT2D eigenvalue weighted by Gasteiger charge is 2.12. The summed E-state index contributed by atoms with van der Waals surface area (Å²) in [6, 6.07) is 15.3. The molecule has 1 amide bonds. The molecule has 0 aliphatic rings. The van der Waals surface area contributed by atoms with Crippen LogP contribution in [0.3, 0.4) is 0 Å². The molecule has 0 saturated heterocycles. The Hall–Kier alpha value is -2.04.